The first-order chi connectivity index (χ1) is 9.16. The van der Waals surface area contributed by atoms with Crippen molar-refractivity contribution in [1.29, 1.82) is 0 Å². The number of pyridine rings is 1. The second kappa shape index (κ2) is 6.24. The first-order valence-corrected chi connectivity index (χ1v) is 5.97. The third-order valence-electron chi connectivity index (χ3n) is 2.76. The lowest BCUT2D eigenvalue weighted by Crippen LogP contribution is -2.26. The van der Waals surface area contributed by atoms with Crippen molar-refractivity contribution in [2.45, 2.75) is 13.1 Å². The molecule has 0 aliphatic rings. The lowest BCUT2D eigenvalue weighted by molar-refractivity contribution is 0.546. The molecule has 0 radical (unpaired) electrons. The minimum absolute atomic E-state index is 0.0720. The van der Waals surface area contributed by atoms with Crippen LogP contribution in [0.3, 0.4) is 0 Å². The van der Waals surface area contributed by atoms with Gasteiger partial charge in [0, 0.05) is 43.5 Å². The van der Waals surface area contributed by atoms with E-state index in [9.17, 15) is 13.6 Å². The van der Waals surface area contributed by atoms with Crippen molar-refractivity contribution < 1.29 is 8.78 Å². The molecule has 0 fully saturated rings. The molecule has 0 saturated heterocycles. The first-order valence-electron chi connectivity index (χ1n) is 5.97. The fourth-order valence-corrected chi connectivity index (χ4v) is 1.73. The zero-order valence-corrected chi connectivity index (χ0v) is 10.3. The highest BCUT2D eigenvalue weighted by Gasteiger charge is 2.03. The van der Waals surface area contributed by atoms with Crippen LogP contribution in [0, 0.1) is 11.6 Å². The molecule has 1 N–H and O–H groups in total. The Balaban J connectivity index is 1.84. The normalized spacial score (nSPS) is 10.6. The Kier molecular flexibility index (Phi) is 4.41. The number of hydrogen-bond donors (Lipinski definition) is 1. The quantitative estimate of drug-likeness (QED) is 0.837. The fourth-order valence-electron chi connectivity index (χ4n) is 1.73. The van der Waals surface area contributed by atoms with Gasteiger partial charge in [-0.2, -0.15) is 0 Å². The molecule has 2 rings (SSSR count). The number of hydrogen-bond acceptors (Lipinski definition) is 2. The van der Waals surface area contributed by atoms with Crippen molar-refractivity contribution in [3.8, 4) is 0 Å². The largest absolute Gasteiger partial charge is 0.314 e. The minimum atomic E-state index is -0.586. The summed E-state index contributed by atoms with van der Waals surface area (Å²) >= 11 is 0. The Hall–Kier alpha value is -2.01. The van der Waals surface area contributed by atoms with E-state index in [-0.39, 0.29) is 5.56 Å². The van der Waals surface area contributed by atoms with Gasteiger partial charge in [-0.05, 0) is 12.1 Å². The minimum Gasteiger partial charge on any atom is -0.314 e. The average molecular weight is 264 g/mol. The second-order valence-electron chi connectivity index (χ2n) is 4.14. The summed E-state index contributed by atoms with van der Waals surface area (Å²) in [4.78, 5) is 11.4. The maximum absolute atomic E-state index is 13.3. The Morgan fingerprint density at radius 3 is 2.74 bits per heavy atom. The van der Waals surface area contributed by atoms with Gasteiger partial charge >= 0.3 is 0 Å². The van der Waals surface area contributed by atoms with Crippen molar-refractivity contribution in [2.24, 2.45) is 0 Å². The molecule has 0 spiro atoms. The van der Waals surface area contributed by atoms with Crippen molar-refractivity contribution in [1.82, 2.24) is 9.88 Å². The number of benzene rings is 1. The van der Waals surface area contributed by atoms with E-state index in [0.717, 1.165) is 6.07 Å². The zero-order valence-electron chi connectivity index (χ0n) is 10.3. The summed E-state index contributed by atoms with van der Waals surface area (Å²) in [5, 5.41) is 3.02. The highest BCUT2D eigenvalue weighted by atomic mass is 19.1. The molecule has 1 aromatic carbocycles. The standard InChI is InChI=1S/C14H14F2N2O/c15-12-5-4-11(13(16)9-12)10-17-6-8-18-7-2-1-3-14(18)19/h1-5,7,9,17H,6,8,10H2. The molecule has 0 unspecified atom stereocenters. The zero-order chi connectivity index (χ0) is 13.7. The molecule has 3 nitrogen and oxygen atoms in total. The average Bonchev–Trinajstić information content (AvgIpc) is 2.38. The van der Waals surface area contributed by atoms with E-state index >= 15 is 0 Å². The van der Waals surface area contributed by atoms with Crippen LogP contribution in [0.5, 0.6) is 0 Å². The molecule has 0 saturated carbocycles. The van der Waals surface area contributed by atoms with Crippen LogP contribution in [0.2, 0.25) is 0 Å². The van der Waals surface area contributed by atoms with Crippen LogP contribution < -0.4 is 10.9 Å². The number of nitrogens with one attached hydrogen (secondary N) is 1. The highest BCUT2D eigenvalue weighted by molar-refractivity contribution is 5.18. The van der Waals surface area contributed by atoms with Crippen molar-refractivity contribution >= 4 is 0 Å². The Morgan fingerprint density at radius 1 is 1.16 bits per heavy atom. The van der Waals surface area contributed by atoms with E-state index in [0.29, 0.717) is 25.2 Å². The van der Waals surface area contributed by atoms with Crippen molar-refractivity contribution in [2.75, 3.05) is 6.54 Å². The Bertz CT molecular complexity index is 610. The first kappa shape index (κ1) is 13.4. The van der Waals surface area contributed by atoms with Crippen molar-refractivity contribution in [3.63, 3.8) is 0 Å². The summed E-state index contributed by atoms with van der Waals surface area (Å²) in [5.41, 5.74) is 0.332. The molecule has 100 valence electrons. The predicted octanol–water partition coefficient (Wildman–Crippen LogP) is 1.92. The number of halogens is 2. The van der Waals surface area contributed by atoms with Gasteiger partial charge in [-0.25, -0.2) is 8.78 Å². The van der Waals surface area contributed by atoms with E-state index in [1.54, 1.807) is 22.9 Å². The molecule has 0 amide bonds. The molecule has 0 aliphatic carbocycles. The van der Waals surface area contributed by atoms with Crippen LogP contribution in [0.15, 0.2) is 47.4 Å². The molecule has 2 aromatic rings. The van der Waals surface area contributed by atoms with Crippen LogP contribution >= 0.6 is 0 Å². The highest BCUT2D eigenvalue weighted by Crippen LogP contribution is 2.08. The Morgan fingerprint density at radius 2 is 2.00 bits per heavy atom. The topological polar surface area (TPSA) is 34.0 Å². The van der Waals surface area contributed by atoms with Gasteiger partial charge in [0.25, 0.3) is 5.56 Å². The van der Waals surface area contributed by atoms with E-state index in [1.165, 1.54) is 18.2 Å². The molecule has 19 heavy (non-hydrogen) atoms. The van der Waals surface area contributed by atoms with Crippen LogP contribution in [0.4, 0.5) is 8.78 Å². The maximum atomic E-state index is 13.3. The predicted molar refractivity (Wildman–Crippen MR) is 68.8 cm³/mol. The van der Waals surface area contributed by atoms with E-state index in [2.05, 4.69) is 5.32 Å². The van der Waals surface area contributed by atoms with E-state index in [4.69, 9.17) is 0 Å². The monoisotopic (exact) mass is 264 g/mol. The van der Waals surface area contributed by atoms with Gasteiger partial charge in [-0.1, -0.05) is 12.1 Å². The molecule has 0 aliphatic heterocycles. The summed E-state index contributed by atoms with van der Waals surface area (Å²) in [6.07, 6.45) is 1.70. The third kappa shape index (κ3) is 3.72. The maximum Gasteiger partial charge on any atom is 0.250 e. The third-order valence-corrected chi connectivity index (χ3v) is 2.76. The Labute approximate surface area is 109 Å². The summed E-state index contributed by atoms with van der Waals surface area (Å²) in [5.74, 6) is -1.15. The van der Waals surface area contributed by atoms with E-state index < -0.39 is 11.6 Å². The van der Waals surface area contributed by atoms with Gasteiger partial charge < -0.3 is 9.88 Å². The van der Waals surface area contributed by atoms with Gasteiger partial charge in [-0.3, -0.25) is 4.79 Å². The van der Waals surface area contributed by atoms with Crippen LogP contribution in [0.1, 0.15) is 5.56 Å². The van der Waals surface area contributed by atoms with Crippen molar-refractivity contribution in [3.05, 3.63) is 70.1 Å². The van der Waals surface area contributed by atoms with Crippen LogP contribution in [-0.2, 0) is 13.1 Å². The number of rotatable bonds is 5. The SMILES string of the molecule is O=c1ccccn1CCNCc1ccc(F)cc1F. The van der Waals surface area contributed by atoms with Gasteiger partial charge in [0.1, 0.15) is 11.6 Å². The van der Waals surface area contributed by atoms with Crippen LogP contribution in [-0.4, -0.2) is 11.1 Å². The van der Waals surface area contributed by atoms with Gasteiger partial charge in [0.2, 0.25) is 0 Å². The molecular formula is C14H14F2N2O. The fraction of sp³-hybridized carbons (Fsp3) is 0.214. The van der Waals surface area contributed by atoms with Gasteiger partial charge in [0.15, 0.2) is 0 Å². The molecule has 1 aromatic heterocycles. The van der Waals surface area contributed by atoms with E-state index in [1.807, 2.05) is 0 Å². The summed E-state index contributed by atoms with van der Waals surface area (Å²) in [6, 6.07) is 8.44. The molecule has 0 bridgehead atoms. The molecular weight excluding hydrogens is 250 g/mol. The smallest absolute Gasteiger partial charge is 0.250 e. The molecule has 5 heteroatoms. The summed E-state index contributed by atoms with van der Waals surface area (Å²) in [7, 11) is 0. The summed E-state index contributed by atoms with van der Waals surface area (Å²) in [6.45, 7) is 1.33. The lowest BCUT2D eigenvalue weighted by Gasteiger charge is -2.07. The summed E-state index contributed by atoms with van der Waals surface area (Å²) < 4.78 is 27.6. The molecule has 1 heterocycles. The number of aromatic nitrogens is 1. The number of nitrogens with zero attached hydrogens (tertiary/aromatic N) is 1. The van der Waals surface area contributed by atoms with Gasteiger partial charge in [-0.15, -0.1) is 0 Å². The lowest BCUT2D eigenvalue weighted by atomic mass is 10.2. The van der Waals surface area contributed by atoms with Crippen LogP contribution in [0.25, 0.3) is 0 Å². The van der Waals surface area contributed by atoms with Gasteiger partial charge in [0.05, 0.1) is 0 Å². The second-order valence-corrected chi connectivity index (χ2v) is 4.14. The molecule has 0 atom stereocenters.